The standard InChI is InChI=1S/C14H12O2.H4Si/c15-13(11-7-3-1-4-8-11)14(16)12-9-5-2-6-10-12;/h1-10,13,15H;1H4. The Kier molecular flexibility index (Phi) is 4.81. The third kappa shape index (κ3) is 3.12. The van der Waals surface area contributed by atoms with E-state index >= 15 is 0 Å². The Labute approximate surface area is 105 Å². The number of Topliss-reactive ketones (excluding diaryl/α,β-unsaturated/α-hetero) is 1. The van der Waals surface area contributed by atoms with Crippen molar-refractivity contribution in [3.05, 3.63) is 71.8 Å². The molecule has 2 nitrogen and oxygen atoms in total. The van der Waals surface area contributed by atoms with Crippen molar-refractivity contribution in [3.63, 3.8) is 0 Å². The lowest BCUT2D eigenvalue weighted by molar-refractivity contribution is 0.0747. The zero-order chi connectivity index (χ0) is 11.4. The quantitative estimate of drug-likeness (QED) is 0.649. The van der Waals surface area contributed by atoms with E-state index in [1.54, 1.807) is 48.5 Å². The van der Waals surface area contributed by atoms with Crippen molar-refractivity contribution in [2.75, 3.05) is 0 Å². The molecule has 2 aromatic carbocycles. The van der Waals surface area contributed by atoms with Crippen LogP contribution in [0.15, 0.2) is 60.7 Å². The van der Waals surface area contributed by atoms with Gasteiger partial charge >= 0.3 is 0 Å². The van der Waals surface area contributed by atoms with E-state index in [-0.39, 0.29) is 16.7 Å². The fourth-order valence-electron chi connectivity index (χ4n) is 1.55. The van der Waals surface area contributed by atoms with Crippen molar-refractivity contribution < 1.29 is 9.90 Å². The number of aliphatic hydroxyl groups excluding tert-OH is 1. The molecule has 0 aliphatic carbocycles. The summed E-state index contributed by atoms with van der Waals surface area (Å²) < 4.78 is 0. The van der Waals surface area contributed by atoms with Crippen LogP contribution >= 0.6 is 0 Å². The molecule has 2 aromatic rings. The van der Waals surface area contributed by atoms with Gasteiger partial charge < -0.3 is 5.11 Å². The molecule has 1 atom stereocenters. The summed E-state index contributed by atoms with van der Waals surface area (Å²) in [5, 5.41) is 9.89. The molecule has 0 spiro atoms. The zero-order valence-corrected chi connectivity index (χ0v) is 8.71. The number of hydrogen-bond donors (Lipinski definition) is 1. The van der Waals surface area contributed by atoms with E-state index in [9.17, 15) is 9.90 Å². The lowest BCUT2D eigenvalue weighted by atomic mass is 10.0. The van der Waals surface area contributed by atoms with Crippen LogP contribution in [0, 0.1) is 0 Å². The first kappa shape index (κ1) is 13.4. The van der Waals surface area contributed by atoms with Crippen LogP contribution in [-0.2, 0) is 0 Å². The number of ketones is 1. The van der Waals surface area contributed by atoms with E-state index in [1.807, 2.05) is 12.1 Å². The Morgan fingerprint density at radius 2 is 1.35 bits per heavy atom. The minimum Gasteiger partial charge on any atom is -0.380 e. The Morgan fingerprint density at radius 1 is 0.882 bits per heavy atom. The van der Waals surface area contributed by atoms with Gasteiger partial charge in [0.2, 0.25) is 0 Å². The Hall–Kier alpha value is -1.71. The van der Waals surface area contributed by atoms with Crippen LogP contribution in [0.3, 0.4) is 0 Å². The van der Waals surface area contributed by atoms with Gasteiger partial charge in [-0.1, -0.05) is 60.7 Å². The molecule has 0 bridgehead atoms. The molecule has 0 fully saturated rings. The average Bonchev–Trinajstić information content (AvgIpc) is 2.39. The van der Waals surface area contributed by atoms with Gasteiger partial charge in [-0.3, -0.25) is 4.79 Å². The van der Waals surface area contributed by atoms with Crippen LogP contribution < -0.4 is 0 Å². The highest BCUT2D eigenvalue weighted by molar-refractivity contribution is 5.99. The maximum Gasteiger partial charge on any atom is 0.195 e. The van der Waals surface area contributed by atoms with Crippen LogP contribution in [0.2, 0.25) is 0 Å². The molecule has 0 amide bonds. The SMILES string of the molecule is O=C(c1ccccc1)C(O)c1ccccc1.[SiH4]. The molecule has 0 aliphatic rings. The Balaban J connectivity index is 0.00000144. The van der Waals surface area contributed by atoms with Crippen molar-refractivity contribution >= 4 is 16.7 Å². The van der Waals surface area contributed by atoms with Gasteiger partial charge in [0.1, 0.15) is 6.10 Å². The van der Waals surface area contributed by atoms with E-state index < -0.39 is 6.10 Å². The maximum absolute atomic E-state index is 11.9. The van der Waals surface area contributed by atoms with Gasteiger partial charge in [-0.15, -0.1) is 0 Å². The molecule has 0 saturated heterocycles. The minimum atomic E-state index is -1.08. The minimum absolute atomic E-state index is 0. The summed E-state index contributed by atoms with van der Waals surface area (Å²) in [6, 6.07) is 17.7. The topological polar surface area (TPSA) is 37.3 Å². The van der Waals surface area contributed by atoms with Crippen LogP contribution in [0.25, 0.3) is 0 Å². The summed E-state index contributed by atoms with van der Waals surface area (Å²) in [7, 11) is 0. The first-order valence-corrected chi connectivity index (χ1v) is 5.11. The second-order valence-corrected chi connectivity index (χ2v) is 3.54. The Morgan fingerprint density at radius 3 is 1.88 bits per heavy atom. The van der Waals surface area contributed by atoms with Crippen molar-refractivity contribution in [2.45, 2.75) is 6.10 Å². The number of aliphatic hydroxyl groups is 1. The van der Waals surface area contributed by atoms with E-state index in [1.165, 1.54) is 0 Å². The summed E-state index contributed by atoms with van der Waals surface area (Å²) in [5.74, 6) is -0.271. The monoisotopic (exact) mass is 244 g/mol. The highest BCUT2D eigenvalue weighted by atomic mass is 28.1. The summed E-state index contributed by atoms with van der Waals surface area (Å²) in [6.45, 7) is 0. The van der Waals surface area contributed by atoms with Gasteiger partial charge in [-0.25, -0.2) is 0 Å². The van der Waals surface area contributed by atoms with Gasteiger partial charge in [-0.2, -0.15) is 0 Å². The molecule has 0 aliphatic heterocycles. The molecule has 3 heteroatoms. The predicted molar refractivity (Wildman–Crippen MR) is 73.5 cm³/mol. The van der Waals surface area contributed by atoms with Crippen LogP contribution in [-0.4, -0.2) is 21.9 Å². The van der Waals surface area contributed by atoms with Crippen molar-refractivity contribution in [1.29, 1.82) is 0 Å². The second kappa shape index (κ2) is 6.13. The number of hydrogen-bond acceptors (Lipinski definition) is 2. The highest BCUT2D eigenvalue weighted by Crippen LogP contribution is 2.17. The summed E-state index contributed by atoms with van der Waals surface area (Å²) in [5.41, 5.74) is 1.15. The normalized spacial score (nSPS) is 11.4. The molecule has 0 aromatic heterocycles. The van der Waals surface area contributed by atoms with E-state index in [4.69, 9.17) is 0 Å². The number of rotatable bonds is 3. The molecule has 1 unspecified atom stereocenters. The number of carbonyl (C=O) groups is 1. The number of benzene rings is 2. The summed E-state index contributed by atoms with van der Waals surface area (Å²) >= 11 is 0. The molecule has 1 N–H and O–H groups in total. The molecule has 88 valence electrons. The first-order valence-electron chi connectivity index (χ1n) is 5.11. The van der Waals surface area contributed by atoms with Gasteiger partial charge in [0, 0.05) is 5.56 Å². The van der Waals surface area contributed by atoms with E-state index in [2.05, 4.69) is 0 Å². The molecular weight excluding hydrogens is 228 g/mol. The van der Waals surface area contributed by atoms with E-state index in [0.717, 1.165) is 0 Å². The fraction of sp³-hybridized carbons (Fsp3) is 0.0714. The lowest BCUT2D eigenvalue weighted by Gasteiger charge is -2.09. The lowest BCUT2D eigenvalue weighted by Crippen LogP contribution is -2.11. The van der Waals surface area contributed by atoms with Crippen LogP contribution in [0.5, 0.6) is 0 Å². The number of carbonyl (C=O) groups excluding carboxylic acids is 1. The smallest absolute Gasteiger partial charge is 0.195 e. The van der Waals surface area contributed by atoms with Crippen LogP contribution in [0.1, 0.15) is 22.0 Å². The third-order valence-electron chi connectivity index (χ3n) is 2.42. The molecule has 0 saturated carbocycles. The highest BCUT2D eigenvalue weighted by Gasteiger charge is 2.18. The Bertz CT molecular complexity index is 468. The molecular formula is C14H16O2Si. The van der Waals surface area contributed by atoms with Gasteiger partial charge in [-0.05, 0) is 16.5 Å². The zero-order valence-electron chi connectivity index (χ0n) is 8.71. The largest absolute Gasteiger partial charge is 0.380 e. The van der Waals surface area contributed by atoms with Crippen molar-refractivity contribution in [3.8, 4) is 0 Å². The summed E-state index contributed by atoms with van der Waals surface area (Å²) in [6.07, 6.45) is -1.08. The summed E-state index contributed by atoms with van der Waals surface area (Å²) in [4.78, 5) is 11.9. The predicted octanol–water partition coefficient (Wildman–Crippen LogP) is 1.15. The van der Waals surface area contributed by atoms with Gasteiger partial charge in [0.15, 0.2) is 5.78 Å². The molecule has 0 heterocycles. The second-order valence-electron chi connectivity index (χ2n) is 3.54. The maximum atomic E-state index is 11.9. The van der Waals surface area contributed by atoms with Gasteiger partial charge in [0.25, 0.3) is 0 Å². The van der Waals surface area contributed by atoms with Crippen molar-refractivity contribution in [2.24, 2.45) is 0 Å². The third-order valence-corrected chi connectivity index (χ3v) is 2.42. The van der Waals surface area contributed by atoms with E-state index in [0.29, 0.717) is 11.1 Å². The first-order chi connectivity index (χ1) is 7.79. The average molecular weight is 244 g/mol. The fourth-order valence-corrected chi connectivity index (χ4v) is 1.55. The molecule has 17 heavy (non-hydrogen) atoms. The van der Waals surface area contributed by atoms with Crippen molar-refractivity contribution in [1.82, 2.24) is 0 Å². The van der Waals surface area contributed by atoms with Gasteiger partial charge in [0.05, 0.1) is 0 Å². The van der Waals surface area contributed by atoms with Crippen LogP contribution in [0.4, 0.5) is 0 Å². The molecule has 2 rings (SSSR count). The molecule has 0 radical (unpaired) electrons.